The number of carbonyl (C=O) groups excluding carboxylic acids is 1. The van der Waals surface area contributed by atoms with Gasteiger partial charge in [-0.2, -0.15) is 4.98 Å². The number of nitrogens with zero attached hydrogens (tertiary/aromatic N) is 2. The zero-order chi connectivity index (χ0) is 20.1. The second-order valence-corrected chi connectivity index (χ2v) is 6.63. The number of methoxy groups -OCH3 is 1. The number of carbonyl (C=O) groups is 1. The van der Waals surface area contributed by atoms with Crippen LogP contribution in [0.3, 0.4) is 0 Å². The molecule has 3 aromatic rings. The molecule has 1 amide bonds. The molecule has 1 atom stereocenters. The molecule has 1 aliphatic rings. The highest BCUT2D eigenvalue weighted by atomic mass is 16.5. The predicted octanol–water partition coefficient (Wildman–Crippen LogP) is 3.29. The van der Waals surface area contributed by atoms with Gasteiger partial charge < -0.3 is 14.2 Å². The third-order valence-corrected chi connectivity index (χ3v) is 4.65. The van der Waals surface area contributed by atoms with Crippen molar-refractivity contribution in [2.75, 3.05) is 25.6 Å². The largest absolute Gasteiger partial charge is 0.496 e. The van der Waals surface area contributed by atoms with Gasteiger partial charge in [0.2, 0.25) is 5.95 Å². The number of amides is 1. The summed E-state index contributed by atoms with van der Waals surface area (Å²) < 4.78 is 16.6. The Balaban J connectivity index is 1.37. The van der Waals surface area contributed by atoms with Crippen LogP contribution in [0.2, 0.25) is 0 Å². The number of hydrogen-bond acceptors (Lipinski definition) is 6. The van der Waals surface area contributed by atoms with Crippen LogP contribution in [-0.4, -0.2) is 47.5 Å². The van der Waals surface area contributed by atoms with Crippen LogP contribution < -0.4 is 14.8 Å². The molecule has 1 saturated heterocycles. The molecule has 8 nitrogen and oxygen atoms in total. The van der Waals surface area contributed by atoms with E-state index >= 15 is 0 Å². The van der Waals surface area contributed by atoms with Gasteiger partial charge in [0.15, 0.2) is 5.82 Å². The first-order valence-corrected chi connectivity index (χ1v) is 9.44. The zero-order valence-electron chi connectivity index (χ0n) is 16.1. The molecule has 0 bridgehead atoms. The van der Waals surface area contributed by atoms with E-state index in [9.17, 15) is 4.79 Å². The van der Waals surface area contributed by atoms with E-state index in [4.69, 9.17) is 14.2 Å². The van der Waals surface area contributed by atoms with Crippen LogP contribution in [0, 0.1) is 0 Å². The van der Waals surface area contributed by atoms with Gasteiger partial charge in [-0.05, 0) is 49.2 Å². The van der Waals surface area contributed by atoms with E-state index in [1.807, 2.05) is 24.3 Å². The molecular weight excluding hydrogens is 372 g/mol. The Hall–Kier alpha value is -3.39. The van der Waals surface area contributed by atoms with Crippen LogP contribution in [0.15, 0.2) is 48.5 Å². The Morgan fingerprint density at radius 3 is 2.83 bits per heavy atom. The lowest BCUT2D eigenvalue weighted by atomic mass is 10.2. The number of aromatic nitrogens is 3. The minimum atomic E-state index is -0.304. The normalized spacial score (nSPS) is 15.8. The topological polar surface area (TPSA) is 98.4 Å². The molecule has 8 heteroatoms. The number of aromatic amines is 1. The van der Waals surface area contributed by atoms with Crippen molar-refractivity contribution in [3.63, 3.8) is 0 Å². The summed E-state index contributed by atoms with van der Waals surface area (Å²) in [6.07, 6.45) is 2.25. The monoisotopic (exact) mass is 394 g/mol. The van der Waals surface area contributed by atoms with Crippen molar-refractivity contribution in [3.8, 4) is 22.9 Å². The molecule has 0 aliphatic carbocycles. The third-order valence-electron chi connectivity index (χ3n) is 4.65. The molecule has 1 fully saturated rings. The minimum Gasteiger partial charge on any atom is -0.496 e. The van der Waals surface area contributed by atoms with Crippen molar-refractivity contribution in [2.24, 2.45) is 0 Å². The molecule has 2 aromatic carbocycles. The lowest BCUT2D eigenvalue weighted by Gasteiger charge is -2.11. The summed E-state index contributed by atoms with van der Waals surface area (Å²) in [5.41, 5.74) is 1.24. The molecule has 150 valence electrons. The van der Waals surface area contributed by atoms with Crippen LogP contribution in [0.1, 0.15) is 23.2 Å². The van der Waals surface area contributed by atoms with Gasteiger partial charge in [0.05, 0.1) is 18.8 Å². The summed E-state index contributed by atoms with van der Waals surface area (Å²) in [5.74, 6) is 1.76. The highest BCUT2D eigenvalue weighted by molar-refractivity contribution is 6.03. The Bertz CT molecular complexity index is 965. The Labute approximate surface area is 168 Å². The standard InChI is InChI=1S/C21H22N4O4/c1-27-18-7-3-2-6-17(18)19-22-21(25-24-19)23-20(26)14-8-10-15(11-9-14)29-13-16-5-4-12-28-16/h2-3,6-11,16H,4-5,12-13H2,1H3,(H2,22,23,24,25,26). The molecule has 0 radical (unpaired) electrons. The number of benzene rings is 2. The molecule has 1 unspecified atom stereocenters. The van der Waals surface area contributed by atoms with E-state index in [-0.39, 0.29) is 18.0 Å². The lowest BCUT2D eigenvalue weighted by molar-refractivity contribution is 0.0679. The van der Waals surface area contributed by atoms with Gasteiger partial charge in [-0.25, -0.2) is 0 Å². The SMILES string of the molecule is COc1ccccc1-c1nc(NC(=O)c2ccc(OCC3CCCO3)cc2)n[nH]1. The molecule has 1 aromatic heterocycles. The Kier molecular flexibility index (Phi) is 5.71. The first-order valence-electron chi connectivity index (χ1n) is 9.44. The molecular formula is C21H22N4O4. The number of ether oxygens (including phenoxy) is 3. The number of rotatable bonds is 7. The van der Waals surface area contributed by atoms with E-state index in [2.05, 4.69) is 20.5 Å². The van der Waals surface area contributed by atoms with Crippen molar-refractivity contribution in [1.29, 1.82) is 0 Å². The number of nitrogens with one attached hydrogen (secondary N) is 2. The summed E-state index contributed by atoms with van der Waals surface area (Å²) in [5, 5.41) is 9.57. The average Bonchev–Trinajstić information content (AvgIpc) is 3.45. The van der Waals surface area contributed by atoms with Gasteiger partial charge in [0.25, 0.3) is 5.91 Å². The molecule has 2 heterocycles. The fourth-order valence-corrected chi connectivity index (χ4v) is 3.12. The van der Waals surface area contributed by atoms with Crippen LogP contribution in [0.25, 0.3) is 11.4 Å². The van der Waals surface area contributed by atoms with Gasteiger partial charge >= 0.3 is 0 Å². The molecule has 29 heavy (non-hydrogen) atoms. The number of anilines is 1. The van der Waals surface area contributed by atoms with Crippen LogP contribution in [-0.2, 0) is 4.74 Å². The van der Waals surface area contributed by atoms with Gasteiger partial charge in [-0.15, -0.1) is 5.10 Å². The minimum absolute atomic E-state index is 0.154. The van der Waals surface area contributed by atoms with E-state index < -0.39 is 0 Å². The van der Waals surface area contributed by atoms with Crippen LogP contribution >= 0.6 is 0 Å². The maximum atomic E-state index is 12.5. The van der Waals surface area contributed by atoms with Gasteiger partial charge in [0.1, 0.15) is 18.1 Å². The maximum Gasteiger partial charge on any atom is 0.258 e. The van der Waals surface area contributed by atoms with Crippen LogP contribution in [0.4, 0.5) is 5.95 Å². The summed E-state index contributed by atoms with van der Waals surface area (Å²) in [7, 11) is 1.59. The molecule has 1 aliphatic heterocycles. The second kappa shape index (κ2) is 8.74. The summed E-state index contributed by atoms with van der Waals surface area (Å²) in [4.78, 5) is 16.8. The van der Waals surface area contributed by atoms with E-state index in [0.717, 1.165) is 25.0 Å². The third kappa shape index (κ3) is 4.55. The number of hydrogen-bond donors (Lipinski definition) is 2. The second-order valence-electron chi connectivity index (χ2n) is 6.63. The Morgan fingerprint density at radius 2 is 2.07 bits per heavy atom. The average molecular weight is 394 g/mol. The van der Waals surface area contributed by atoms with Crippen molar-refractivity contribution < 1.29 is 19.0 Å². The Morgan fingerprint density at radius 1 is 1.24 bits per heavy atom. The molecule has 2 N–H and O–H groups in total. The fraction of sp³-hybridized carbons (Fsp3) is 0.286. The summed E-state index contributed by atoms with van der Waals surface area (Å²) in [6.45, 7) is 1.32. The quantitative estimate of drug-likeness (QED) is 0.638. The highest BCUT2D eigenvalue weighted by Gasteiger charge is 2.16. The van der Waals surface area contributed by atoms with E-state index in [1.54, 1.807) is 31.4 Å². The van der Waals surface area contributed by atoms with Crippen molar-refractivity contribution in [3.05, 3.63) is 54.1 Å². The van der Waals surface area contributed by atoms with Crippen LogP contribution in [0.5, 0.6) is 11.5 Å². The smallest absolute Gasteiger partial charge is 0.258 e. The highest BCUT2D eigenvalue weighted by Crippen LogP contribution is 2.27. The van der Waals surface area contributed by atoms with Crippen molar-refractivity contribution in [2.45, 2.75) is 18.9 Å². The summed E-state index contributed by atoms with van der Waals surface area (Å²) in [6, 6.07) is 14.4. The predicted molar refractivity (Wildman–Crippen MR) is 107 cm³/mol. The first kappa shape index (κ1) is 18.9. The van der Waals surface area contributed by atoms with Crippen molar-refractivity contribution >= 4 is 11.9 Å². The van der Waals surface area contributed by atoms with E-state index in [0.29, 0.717) is 29.5 Å². The lowest BCUT2D eigenvalue weighted by Crippen LogP contribution is -2.16. The van der Waals surface area contributed by atoms with Gasteiger partial charge in [-0.3, -0.25) is 15.2 Å². The number of para-hydroxylation sites is 1. The molecule has 0 saturated carbocycles. The molecule has 0 spiro atoms. The maximum absolute atomic E-state index is 12.5. The van der Waals surface area contributed by atoms with Gasteiger partial charge in [0, 0.05) is 12.2 Å². The van der Waals surface area contributed by atoms with E-state index in [1.165, 1.54) is 0 Å². The molecule has 4 rings (SSSR count). The van der Waals surface area contributed by atoms with Crippen molar-refractivity contribution in [1.82, 2.24) is 15.2 Å². The van der Waals surface area contributed by atoms with Gasteiger partial charge in [-0.1, -0.05) is 12.1 Å². The fourth-order valence-electron chi connectivity index (χ4n) is 3.12. The summed E-state index contributed by atoms with van der Waals surface area (Å²) >= 11 is 0. The first-order chi connectivity index (χ1) is 14.2. The zero-order valence-corrected chi connectivity index (χ0v) is 16.1. The number of H-pyrrole nitrogens is 1.